The van der Waals surface area contributed by atoms with Gasteiger partial charge in [-0.05, 0) is 25.1 Å². The first-order valence-electron chi connectivity index (χ1n) is 5.95. The van der Waals surface area contributed by atoms with Gasteiger partial charge < -0.3 is 15.6 Å². The summed E-state index contributed by atoms with van der Waals surface area (Å²) in [4.78, 5) is 22.0. The van der Waals surface area contributed by atoms with Crippen molar-refractivity contribution < 1.29 is 27.9 Å². The average Bonchev–Trinajstić information content (AvgIpc) is 2.38. The Balaban J connectivity index is 3.21. The minimum Gasteiger partial charge on any atom is -0.478 e. The molecular formula is C12H16N2O6S. The fourth-order valence-electron chi connectivity index (χ4n) is 1.57. The number of aromatic carboxylic acids is 1. The number of carboxylic acids is 1. The Hall–Kier alpha value is -2.13. The van der Waals surface area contributed by atoms with Crippen molar-refractivity contribution in [3.63, 3.8) is 0 Å². The highest BCUT2D eigenvalue weighted by Gasteiger charge is 2.28. The summed E-state index contributed by atoms with van der Waals surface area (Å²) in [5, 5.41) is 9.05. The van der Waals surface area contributed by atoms with E-state index in [1.807, 2.05) is 0 Å². The number of carboxylic acid groups (broad SMARTS) is 1. The second kappa shape index (κ2) is 6.55. The summed E-state index contributed by atoms with van der Waals surface area (Å²) in [5.41, 5.74) is 5.19. The largest absolute Gasteiger partial charge is 0.478 e. The van der Waals surface area contributed by atoms with Gasteiger partial charge in [0.05, 0.1) is 17.1 Å². The van der Waals surface area contributed by atoms with E-state index in [0.29, 0.717) is 4.31 Å². The highest BCUT2D eigenvalue weighted by Crippen LogP contribution is 2.22. The van der Waals surface area contributed by atoms with E-state index in [2.05, 4.69) is 4.74 Å². The van der Waals surface area contributed by atoms with Crippen LogP contribution in [0.25, 0.3) is 0 Å². The first kappa shape index (κ1) is 16.9. The number of nitrogens with zero attached hydrogens (tertiary/aromatic N) is 1. The van der Waals surface area contributed by atoms with Crippen LogP contribution in [0, 0.1) is 0 Å². The zero-order valence-electron chi connectivity index (χ0n) is 11.6. The molecule has 0 heterocycles. The average molecular weight is 316 g/mol. The van der Waals surface area contributed by atoms with Gasteiger partial charge in [-0.1, -0.05) is 0 Å². The van der Waals surface area contributed by atoms with Gasteiger partial charge in [0, 0.05) is 12.7 Å². The Labute approximate surface area is 122 Å². The van der Waals surface area contributed by atoms with E-state index in [9.17, 15) is 18.0 Å². The normalized spacial score (nSPS) is 11.4. The van der Waals surface area contributed by atoms with Crippen LogP contribution in [0.2, 0.25) is 0 Å². The molecule has 1 aromatic rings. The quantitative estimate of drug-likeness (QED) is 0.565. The molecule has 0 bridgehead atoms. The number of nitrogen functional groups attached to an aromatic ring is 1. The molecule has 0 saturated heterocycles. The Bertz CT molecular complexity index is 656. The Morgan fingerprint density at radius 3 is 2.52 bits per heavy atom. The van der Waals surface area contributed by atoms with Crippen molar-refractivity contribution in [3.05, 3.63) is 23.8 Å². The number of hydrogen-bond donors (Lipinski definition) is 2. The lowest BCUT2D eigenvalue weighted by Crippen LogP contribution is -2.34. The summed E-state index contributed by atoms with van der Waals surface area (Å²) < 4.78 is 30.1. The fourth-order valence-corrected chi connectivity index (χ4v) is 2.90. The summed E-state index contributed by atoms with van der Waals surface area (Å²) in [6, 6.07) is 3.43. The molecule has 9 heteroatoms. The summed E-state index contributed by atoms with van der Waals surface area (Å²) in [7, 11) is -3.03. The third-order valence-corrected chi connectivity index (χ3v) is 4.42. The molecular weight excluding hydrogens is 300 g/mol. The molecule has 0 aliphatic carbocycles. The van der Waals surface area contributed by atoms with Crippen molar-refractivity contribution >= 4 is 27.6 Å². The topological polar surface area (TPSA) is 127 Å². The highest BCUT2D eigenvalue weighted by molar-refractivity contribution is 7.89. The molecule has 1 rings (SSSR count). The molecule has 0 fully saturated rings. The van der Waals surface area contributed by atoms with Crippen molar-refractivity contribution in [2.24, 2.45) is 0 Å². The van der Waals surface area contributed by atoms with Crippen molar-refractivity contribution in [3.8, 4) is 0 Å². The highest BCUT2D eigenvalue weighted by atomic mass is 32.2. The molecule has 0 unspecified atom stereocenters. The van der Waals surface area contributed by atoms with E-state index >= 15 is 0 Å². The van der Waals surface area contributed by atoms with Gasteiger partial charge in [-0.3, -0.25) is 4.79 Å². The maximum atomic E-state index is 12.3. The van der Waals surface area contributed by atoms with Gasteiger partial charge in [0.2, 0.25) is 10.0 Å². The number of esters is 1. The van der Waals surface area contributed by atoms with Crippen LogP contribution in [0.15, 0.2) is 23.1 Å². The van der Waals surface area contributed by atoms with Gasteiger partial charge in [-0.25, -0.2) is 13.2 Å². The van der Waals surface area contributed by atoms with E-state index in [1.54, 1.807) is 6.92 Å². The van der Waals surface area contributed by atoms with Crippen LogP contribution in [0.5, 0.6) is 0 Å². The molecule has 0 amide bonds. The van der Waals surface area contributed by atoms with Crippen LogP contribution in [0.4, 0.5) is 5.69 Å². The second-order valence-electron chi connectivity index (χ2n) is 4.13. The van der Waals surface area contributed by atoms with E-state index in [4.69, 9.17) is 10.8 Å². The van der Waals surface area contributed by atoms with Gasteiger partial charge in [0.15, 0.2) is 0 Å². The van der Waals surface area contributed by atoms with Crippen LogP contribution < -0.4 is 5.73 Å². The minimum atomic E-state index is -4.18. The number of nitrogens with two attached hydrogens (primary N) is 1. The van der Waals surface area contributed by atoms with Crippen LogP contribution in [-0.2, 0) is 19.6 Å². The number of sulfonamides is 1. The number of carbonyl (C=O) groups excluding carboxylic acids is 1. The van der Waals surface area contributed by atoms with E-state index in [1.165, 1.54) is 6.07 Å². The zero-order chi connectivity index (χ0) is 16.2. The number of rotatable bonds is 6. The number of ether oxygens (including phenoxy) is 1. The standard InChI is InChI=1S/C12H16N2O6S/c1-3-20-11(15)7-14(2)21(18,19)10-6-8(13)4-5-9(10)12(16)17/h4-6H,3,7,13H2,1-2H3,(H,16,17). The van der Waals surface area contributed by atoms with Gasteiger partial charge in [0.1, 0.15) is 6.54 Å². The maximum absolute atomic E-state index is 12.3. The third-order valence-electron chi connectivity index (χ3n) is 2.58. The number of anilines is 1. The number of carbonyl (C=O) groups is 2. The number of likely N-dealkylation sites (N-methyl/N-ethyl adjacent to an activating group) is 1. The van der Waals surface area contributed by atoms with Crippen LogP contribution in [0.3, 0.4) is 0 Å². The van der Waals surface area contributed by atoms with Gasteiger partial charge in [-0.2, -0.15) is 4.31 Å². The summed E-state index contributed by atoms with van der Waals surface area (Å²) in [5.74, 6) is -2.14. The van der Waals surface area contributed by atoms with E-state index < -0.39 is 39.0 Å². The van der Waals surface area contributed by atoms with Crippen molar-refractivity contribution in [2.45, 2.75) is 11.8 Å². The van der Waals surface area contributed by atoms with E-state index in [-0.39, 0.29) is 12.3 Å². The summed E-state index contributed by atoms with van der Waals surface area (Å²) in [6.07, 6.45) is 0. The molecule has 8 nitrogen and oxygen atoms in total. The SMILES string of the molecule is CCOC(=O)CN(C)S(=O)(=O)c1cc(N)ccc1C(=O)O. The lowest BCUT2D eigenvalue weighted by molar-refractivity contribution is -0.143. The van der Waals surface area contributed by atoms with Crippen LogP contribution in [0.1, 0.15) is 17.3 Å². The van der Waals surface area contributed by atoms with Crippen molar-refractivity contribution in [1.29, 1.82) is 0 Å². The molecule has 3 N–H and O–H groups in total. The molecule has 0 aliphatic rings. The van der Waals surface area contributed by atoms with Crippen LogP contribution >= 0.6 is 0 Å². The third kappa shape index (κ3) is 3.92. The van der Waals surface area contributed by atoms with Gasteiger partial charge in [-0.15, -0.1) is 0 Å². The van der Waals surface area contributed by atoms with Crippen molar-refractivity contribution in [2.75, 3.05) is 25.9 Å². The number of benzene rings is 1. The Morgan fingerprint density at radius 2 is 2.00 bits per heavy atom. The van der Waals surface area contributed by atoms with Crippen LogP contribution in [-0.4, -0.2) is 50.0 Å². The molecule has 0 aliphatic heterocycles. The predicted molar refractivity (Wildman–Crippen MR) is 74.3 cm³/mol. The fraction of sp³-hybridized carbons (Fsp3) is 0.333. The predicted octanol–water partition coefficient (Wildman–Crippen LogP) is 0.151. The summed E-state index contributed by atoms with van der Waals surface area (Å²) in [6.45, 7) is 1.18. The molecule has 0 spiro atoms. The molecule has 0 aromatic heterocycles. The maximum Gasteiger partial charge on any atom is 0.337 e. The first-order valence-corrected chi connectivity index (χ1v) is 7.39. The molecule has 0 saturated carbocycles. The van der Waals surface area contributed by atoms with Gasteiger partial charge >= 0.3 is 11.9 Å². The first-order chi connectivity index (χ1) is 9.70. The van der Waals surface area contributed by atoms with Crippen molar-refractivity contribution in [1.82, 2.24) is 4.31 Å². The Morgan fingerprint density at radius 1 is 1.38 bits per heavy atom. The smallest absolute Gasteiger partial charge is 0.337 e. The molecule has 21 heavy (non-hydrogen) atoms. The lowest BCUT2D eigenvalue weighted by atomic mass is 10.2. The molecule has 1 aromatic carbocycles. The lowest BCUT2D eigenvalue weighted by Gasteiger charge is -2.17. The monoisotopic (exact) mass is 316 g/mol. The molecule has 0 radical (unpaired) electrons. The van der Waals surface area contributed by atoms with E-state index in [0.717, 1.165) is 19.2 Å². The summed E-state index contributed by atoms with van der Waals surface area (Å²) >= 11 is 0. The Kier molecular flexibility index (Phi) is 5.28. The molecule has 0 atom stereocenters. The second-order valence-corrected chi connectivity index (χ2v) is 6.14. The minimum absolute atomic E-state index is 0.100. The molecule has 116 valence electrons. The number of hydrogen-bond acceptors (Lipinski definition) is 6. The zero-order valence-corrected chi connectivity index (χ0v) is 12.4. The van der Waals surface area contributed by atoms with Gasteiger partial charge in [0.25, 0.3) is 0 Å².